The lowest BCUT2D eigenvalue weighted by Gasteiger charge is -2.18. The van der Waals surface area contributed by atoms with E-state index in [1.807, 2.05) is 25.1 Å². The van der Waals surface area contributed by atoms with Gasteiger partial charge in [-0.25, -0.2) is 0 Å². The van der Waals surface area contributed by atoms with Crippen molar-refractivity contribution in [3.05, 3.63) is 35.9 Å². The predicted octanol–water partition coefficient (Wildman–Crippen LogP) is 3.77. The summed E-state index contributed by atoms with van der Waals surface area (Å²) in [4.78, 5) is 11.6. The Bertz CT molecular complexity index is 330. The second kappa shape index (κ2) is 7.10. The first-order valence-corrected chi connectivity index (χ1v) is 6.34. The smallest absolute Gasteiger partial charge is 0.306 e. The van der Waals surface area contributed by atoms with Gasteiger partial charge in [0, 0.05) is 0 Å². The number of rotatable bonds is 6. The van der Waals surface area contributed by atoms with Crippen LogP contribution < -0.4 is 0 Å². The predicted molar refractivity (Wildman–Crippen MR) is 69.9 cm³/mol. The van der Waals surface area contributed by atoms with Crippen molar-refractivity contribution in [1.29, 1.82) is 0 Å². The molecule has 2 nitrogen and oxygen atoms in total. The molecule has 1 rings (SSSR count). The second-order valence-electron chi connectivity index (χ2n) is 4.75. The lowest BCUT2D eigenvalue weighted by Crippen LogP contribution is -2.12. The van der Waals surface area contributed by atoms with Gasteiger partial charge in [-0.3, -0.25) is 4.79 Å². The minimum absolute atomic E-state index is 0.0954. The van der Waals surface area contributed by atoms with Gasteiger partial charge in [-0.15, -0.1) is 0 Å². The van der Waals surface area contributed by atoms with Crippen LogP contribution in [0.3, 0.4) is 0 Å². The molecule has 0 amide bonds. The van der Waals surface area contributed by atoms with Crippen LogP contribution in [0.25, 0.3) is 0 Å². The fraction of sp³-hybridized carbons (Fsp3) is 0.533. The molecule has 0 N–H and O–H groups in total. The van der Waals surface area contributed by atoms with Gasteiger partial charge in [-0.2, -0.15) is 0 Å². The van der Waals surface area contributed by atoms with E-state index in [9.17, 15) is 4.79 Å². The number of ether oxygens (including phenoxy) is 1. The monoisotopic (exact) mass is 234 g/mol. The van der Waals surface area contributed by atoms with Crippen LogP contribution in [0.5, 0.6) is 0 Å². The third kappa shape index (κ3) is 5.03. The van der Waals surface area contributed by atoms with Crippen molar-refractivity contribution in [1.82, 2.24) is 0 Å². The zero-order chi connectivity index (χ0) is 12.7. The Morgan fingerprint density at radius 2 is 1.88 bits per heavy atom. The van der Waals surface area contributed by atoms with Gasteiger partial charge in [-0.1, -0.05) is 44.2 Å². The van der Waals surface area contributed by atoms with Gasteiger partial charge in [0.25, 0.3) is 0 Å². The average molecular weight is 234 g/mol. The van der Waals surface area contributed by atoms with Crippen molar-refractivity contribution >= 4 is 5.97 Å². The van der Waals surface area contributed by atoms with Gasteiger partial charge < -0.3 is 4.74 Å². The molecule has 0 radical (unpaired) electrons. The first-order valence-electron chi connectivity index (χ1n) is 6.34. The first kappa shape index (κ1) is 13.8. The highest BCUT2D eigenvalue weighted by Crippen LogP contribution is 2.27. The number of carbonyl (C=O) groups is 1. The van der Waals surface area contributed by atoms with Crippen LogP contribution >= 0.6 is 0 Å². The third-order valence-corrected chi connectivity index (χ3v) is 2.75. The van der Waals surface area contributed by atoms with E-state index in [0.717, 1.165) is 6.42 Å². The van der Waals surface area contributed by atoms with Crippen molar-refractivity contribution in [2.45, 2.75) is 39.5 Å². The van der Waals surface area contributed by atoms with Gasteiger partial charge >= 0.3 is 5.97 Å². The molecule has 0 aliphatic heterocycles. The Hall–Kier alpha value is -1.31. The summed E-state index contributed by atoms with van der Waals surface area (Å²) in [6.07, 6.45) is 1.50. The van der Waals surface area contributed by atoms with E-state index in [2.05, 4.69) is 26.0 Å². The summed E-state index contributed by atoms with van der Waals surface area (Å²) < 4.78 is 5.04. The fourth-order valence-electron chi connectivity index (χ4n) is 2.05. The lowest BCUT2D eigenvalue weighted by atomic mass is 9.88. The lowest BCUT2D eigenvalue weighted by molar-refractivity contribution is -0.143. The maximum atomic E-state index is 11.6. The van der Waals surface area contributed by atoms with Crippen LogP contribution in [0.1, 0.15) is 45.1 Å². The minimum atomic E-state index is -0.0954. The van der Waals surface area contributed by atoms with Crippen LogP contribution in [0.4, 0.5) is 0 Å². The van der Waals surface area contributed by atoms with Crippen LogP contribution in [0.15, 0.2) is 30.3 Å². The van der Waals surface area contributed by atoms with E-state index in [0.29, 0.717) is 18.9 Å². The van der Waals surface area contributed by atoms with E-state index in [1.54, 1.807) is 0 Å². The Morgan fingerprint density at radius 3 is 2.41 bits per heavy atom. The molecule has 0 heterocycles. The highest BCUT2D eigenvalue weighted by molar-refractivity contribution is 5.70. The molecule has 1 atom stereocenters. The average Bonchev–Trinajstić information content (AvgIpc) is 2.29. The van der Waals surface area contributed by atoms with Gasteiger partial charge in [0.15, 0.2) is 0 Å². The standard InChI is InChI=1S/C15H22O2/c1-4-17-15(16)11-14(10-12(2)3)13-8-6-5-7-9-13/h5-9,12,14H,4,10-11H2,1-3H3. The summed E-state index contributed by atoms with van der Waals surface area (Å²) in [5.74, 6) is 0.756. The molecule has 17 heavy (non-hydrogen) atoms. The topological polar surface area (TPSA) is 26.3 Å². The highest BCUT2D eigenvalue weighted by Gasteiger charge is 2.17. The van der Waals surface area contributed by atoms with Gasteiger partial charge in [0.05, 0.1) is 13.0 Å². The van der Waals surface area contributed by atoms with Crippen molar-refractivity contribution < 1.29 is 9.53 Å². The van der Waals surface area contributed by atoms with Crippen molar-refractivity contribution in [2.24, 2.45) is 5.92 Å². The fourth-order valence-corrected chi connectivity index (χ4v) is 2.05. The molecular formula is C15H22O2. The van der Waals surface area contributed by atoms with Crippen molar-refractivity contribution in [3.8, 4) is 0 Å². The Kier molecular flexibility index (Phi) is 5.75. The quantitative estimate of drug-likeness (QED) is 0.700. The van der Waals surface area contributed by atoms with Gasteiger partial charge in [-0.05, 0) is 30.7 Å². The molecule has 0 aliphatic carbocycles. The first-order chi connectivity index (χ1) is 8.13. The second-order valence-corrected chi connectivity index (χ2v) is 4.75. The molecule has 0 aromatic heterocycles. The van der Waals surface area contributed by atoms with Crippen LogP contribution in [0, 0.1) is 5.92 Å². The van der Waals surface area contributed by atoms with Crippen LogP contribution in [-0.2, 0) is 9.53 Å². The van der Waals surface area contributed by atoms with Crippen LogP contribution in [0.2, 0.25) is 0 Å². The highest BCUT2D eigenvalue weighted by atomic mass is 16.5. The largest absolute Gasteiger partial charge is 0.466 e. The maximum absolute atomic E-state index is 11.6. The molecule has 0 saturated heterocycles. The summed E-state index contributed by atoms with van der Waals surface area (Å²) in [5.41, 5.74) is 1.23. The number of esters is 1. The molecule has 0 saturated carbocycles. The molecule has 0 aliphatic rings. The van der Waals surface area contributed by atoms with Gasteiger partial charge in [0.1, 0.15) is 0 Å². The van der Waals surface area contributed by atoms with E-state index < -0.39 is 0 Å². The summed E-state index contributed by atoms with van der Waals surface area (Å²) in [6, 6.07) is 10.2. The molecule has 1 aromatic rings. The van der Waals surface area contributed by atoms with E-state index >= 15 is 0 Å². The van der Waals surface area contributed by atoms with Crippen molar-refractivity contribution in [2.75, 3.05) is 6.61 Å². The third-order valence-electron chi connectivity index (χ3n) is 2.75. The normalized spacial score (nSPS) is 12.5. The van der Waals surface area contributed by atoms with E-state index in [-0.39, 0.29) is 11.9 Å². The molecule has 1 aromatic carbocycles. The molecule has 0 bridgehead atoms. The molecular weight excluding hydrogens is 212 g/mol. The molecule has 2 heteroatoms. The Morgan fingerprint density at radius 1 is 1.24 bits per heavy atom. The molecule has 94 valence electrons. The minimum Gasteiger partial charge on any atom is -0.466 e. The summed E-state index contributed by atoms with van der Waals surface area (Å²) in [7, 11) is 0. The van der Waals surface area contributed by atoms with Crippen LogP contribution in [-0.4, -0.2) is 12.6 Å². The SMILES string of the molecule is CCOC(=O)CC(CC(C)C)c1ccccc1. The van der Waals surface area contributed by atoms with Gasteiger partial charge in [0.2, 0.25) is 0 Å². The van der Waals surface area contributed by atoms with E-state index in [1.165, 1.54) is 5.56 Å². The molecule has 1 unspecified atom stereocenters. The zero-order valence-corrected chi connectivity index (χ0v) is 11.0. The Balaban J connectivity index is 2.70. The summed E-state index contributed by atoms with van der Waals surface area (Å²) in [6.45, 7) is 6.67. The maximum Gasteiger partial charge on any atom is 0.306 e. The van der Waals surface area contributed by atoms with E-state index in [4.69, 9.17) is 4.74 Å². The number of hydrogen-bond acceptors (Lipinski definition) is 2. The summed E-state index contributed by atoms with van der Waals surface area (Å²) >= 11 is 0. The number of carbonyl (C=O) groups excluding carboxylic acids is 1. The number of hydrogen-bond donors (Lipinski definition) is 0. The number of benzene rings is 1. The summed E-state index contributed by atoms with van der Waals surface area (Å²) in [5, 5.41) is 0. The molecule has 0 fully saturated rings. The molecule has 0 spiro atoms. The van der Waals surface area contributed by atoms with Crippen molar-refractivity contribution in [3.63, 3.8) is 0 Å². The zero-order valence-electron chi connectivity index (χ0n) is 11.0. The Labute approximate surface area is 104 Å².